The fourth-order valence-corrected chi connectivity index (χ4v) is 9.01. The number of carbonyl (C=O) groups is 3. The normalized spacial score (nSPS) is 12.7. The zero-order valence-electron chi connectivity index (χ0n) is 50.0. The lowest BCUT2D eigenvalue weighted by molar-refractivity contribution is -0.167. The molecule has 0 fully saturated rings. The highest BCUT2D eigenvalue weighted by Gasteiger charge is 2.19. The summed E-state index contributed by atoms with van der Waals surface area (Å²) in [6.07, 6.45) is 85.7. The van der Waals surface area contributed by atoms with Crippen LogP contribution in [0.1, 0.15) is 310 Å². The molecule has 436 valence electrons. The van der Waals surface area contributed by atoms with Gasteiger partial charge in [0.15, 0.2) is 6.10 Å². The number of ether oxygens (including phenoxy) is 3. The molecule has 6 nitrogen and oxygen atoms in total. The van der Waals surface area contributed by atoms with Gasteiger partial charge in [0.05, 0.1) is 0 Å². The molecule has 0 saturated heterocycles. The molecule has 1 unspecified atom stereocenters. The van der Waals surface area contributed by atoms with Gasteiger partial charge in [-0.3, -0.25) is 14.4 Å². The van der Waals surface area contributed by atoms with Crippen LogP contribution in [-0.2, 0) is 28.6 Å². The number of hydrogen-bond donors (Lipinski definition) is 0. The Labute approximate surface area is 470 Å². The van der Waals surface area contributed by atoms with Crippen molar-refractivity contribution in [1.29, 1.82) is 0 Å². The van der Waals surface area contributed by atoms with Crippen LogP contribution in [0.15, 0.2) is 97.2 Å². The van der Waals surface area contributed by atoms with Gasteiger partial charge in [-0.2, -0.15) is 0 Å². The van der Waals surface area contributed by atoms with E-state index >= 15 is 0 Å². The minimum absolute atomic E-state index is 0.0793. The third-order valence-electron chi connectivity index (χ3n) is 13.8. The van der Waals surface area contributed by atoms with Gasteiger partial charge in [-0.1, -0.05) is 285 Å². The first-order valence-corrected chi connectivity index (χ1v) is 32.2. The monoisotopic (exact) mass is 1060 g/mol. The lowest BCUT2D eigenvalue weighted by Crippen LogP contribution is -2.30. The molecule has 0 rings (SSSR count). The molecule has 0 saturated carbocycles. The SMILES string of the molecule is CC/C=C\C/C=C\C/C=C\C/C=C\C/C=C\C/C=C\CCCCCCCCCCCCCCCCC(=O)OCC(COC(=O)CCCCCCCCCCCC)OC(=O)CCCCCCC/C=C\C/C=C\CCCCC. The Kier molecular flexibility index (Phi) is 60.8. The Balaban J connectivity index is 4.13. The van der Waals surface area contributed by atoms with Gasteiger partial charge in [-0.05, 0) is 103 Å². The molecule has 0 aliphatic heterocycles. The number of hydrogen-bond acceptors (Lipinski definition) is 6. The van der Waals surface area contributed by atoms with Crippen molar-refractivity contribution in [3.63, 3.8) is 0 Å². The highest BCUT2D eigenvalue weighted by Crippen LogP contribution is 2.16. The van der Waals surface area contributed by atoms with E-state index in [2.05, 4.69) is 118 Å². The van der Waals surface area contributed by atoms with E-state index in [-0.39, 0.29) is 31.1 Å². The molecule has 0 aliphatic carbocycles. The predicted octanol–water partition coefficient (Wildman–Crippen LogP) is 22.0. The van der Waals surface area contributed by atoms with Crippen LogP contribution in [0.2, 0.25) is 0 Å². The van der Waals surface area contributed by atoms with Crippen molar-refractivity contribution in [2.75, 3.05) is 13.2 Å². The molecular formula is C70H120O6. The molecule has 0 aliphatic rings. The number of allylic oxidation sites excluding steroid dienone is 16. The first-order valence-electron chi connectivity index (χ1n) is 32.2. The van der Waals surface area contributed by atoms with E-state index in [1.165, 1.54) is 148 Å². The van der Waals surface area contributed by atoms with Gasteiger partial charge in [0.1, 0.15) is 13.2 Å². The zero-order chi connectivity index (χ0) is 55.0. The van der Waals surface area contributed by atoms with Gasteiger partial charge in [-0.25, -0.2) is 0 Å². The van der Waals surface area contributed by atoms with Crippen LogP contribution in [0, 0.1) is 0 Å². The highest BCUT2D eigenvalue weighted by atomic mass is 16.6. The van der Waals surface area contributed by atoms with Crippen molar-refractivity contribution < 1.29 is 28.6 Å². The van der Waals surface area contributed by atoms with Gasteiger partial charge >= 0.3 is 17.9 Å². The zero-order valence-corrected chi connectivity index (χ0v) is 50.0. The van der Waals surface area contributed by atoms with Crippen molar-refractivity contribution in [2.24, 2.45) is 0 Å². The average Bonchev–Trinajstić information content (AvgIpc) is 3.42. The summed E-state index contributed by atoms with van der Waals surface area (Å²) >= 11 is 0. The molecule has 0 N–H and O–H groups in total. The maximum atomic E-state index is 12.8. The summed E-state index contributed by atoms with van der Waals surface area (Å²) < 4.78 is 16.9. The van der Waals surface area contributed by atoms with Crippen molar-refractivity contribution in [3.8, 4) is 0 Å². The summed E-state index contributed by atoms with van der Waals surface area (Å²) in [6.45, 7) is 6.49. The smallest absolute Gasteiger partial charge is 0.306 e. The Morgan fingerprint density at radius 3 is 0.829 bits per heavy atom. The molecule has 1 atom stereocenters. The van der Waals surface area contributed by atoms with Crippen LogP contribution in [0.3, 0.4) is 0 Å². The van der Waals surface area contributed by atoms with Crippen LogP contribution in [0.4, 0.5) is 0 Å². The number of unbranched alkanes of at least 4 members (excludes halogenated alkanes) is 31. The predicted molar refractivity (Wildman–Crippen MR) is 330 cm³/mol. The van der Waals surface area contributed by atoms with Crippen LogP contribution in [0.5, 0.6) is 0 Å². The van der Waals surface area contributed by atoms with E-state index in [4.69, 9.17) is 14.2 Å². The van der Waals surface area contributed by atoms with E-state index in [9.17, 15) is 14.4 Å². The molecule has 76 heavy (non-hydrogen) atoms. The van der Waals surface area contributed by atoms with E-state index in [1.807, 2.05) is 0 Å². The number of rotatable bonds is 58. The minimum atomic E-state index is -0.782. The van der Waals surface area contributed by atoms with Crippen molar-refractivity contribution >= 4 is 17.9 Å². The van der Waals surface area contributed by atoms with E-state index in [0.29, 0.717) is 19.3 Å². The molecule has 0 amide bonds. The standard InChI is InChI=1S/C70H120O6/c1-4-7-10-13-16-19-22-24-26-27-28-29-30-31-32-33-34-35-36-37-38-39-40-41-42-43-45-46-48-51-54-57-60-63-69(72)75-66-67(65-74-68(71)62-59-56-53-50-21-18-15-12-9-6-3)76-70(73)64-61-58-55-52-49-47-44-25-23-20-17-14-11-8-5-2/h7,10,16-17,19-20,24-26,28-29,31-32,34-35,44,67H,4-6,8-9,11-15,18,21-23,27,30,33,36-43,45-66H2,1-3H3/b10-7-,19-16-,20-17-,26-24-,29-28-,32-31-,35-34-,44-25-. The van der Waals surface area contributed by atoms with Crippen LogP contribution in [-0.4, -0.2) is 37.2 Å². The number of carbonyl (C=O) groups excluding carboxylic acids is 3. The van der Waals surface area contributed by atoms with E-state index in [0.717, 1.165) is 122 Å². The van der Waals surface area contributed by atoms with Crippen LogP contribution < -0.4 is 0 Å². The van der Waals surface area contributed by atoms with Gasteiger partial charge in [0.2, 0.25) is 0 Å². The van der Waals surface area contributed by atoms with Crippen LogP contribution in [0.25, 0.3) is 0 Å². The summed E-state index contributed by atoms with van der Waals surface area (Å²) in [7, 11) is 0. The van der Waals surface area contributed by atoms with Gasteiger partial charge in [0, 0.05) is 19.3 Å². The van der Waals surface area contributed by atoms with Crippen molar-refractivity contribution in [1.82, 2.24) is 0 Å². The topological polar surface area (TPSA) is 78.9 Å². The minimum Gasteiger partial charge on any atom is -0.462 e. The molecule has 0 aromatic carbocycles. The third kappa shape index (κ3) is 61.2. The Hall–Kier alpha value is -3.67. The molecule has 0 bridgehead atoms. The molecule has 0 heterocycles. The highest BCUT2D eigenvalue weighted by molar-refractivity contribution is 5.71. The summed E-state index contributed by atoms with van der Waals surface area (Å²) in [5.74, 6) is -0.886. The third-order valence-corrected chi connectivity index (χ3v) is 13.8. The molecule has 0 aromatic heterocycles. The van der Waals surface area contributed by atoms with E-state index in [1.54, 1.807) is 0 Å². The average molecular weight is 1060 g/mol. The second-order valence-corrected chi connectivity index (χ2v) is 21.3. The first-order chi connectivity index (χ1) is 37.5. The molecular weight excluding hydrogens is 937 g/mol. The molecule has 0 aromatic rings. The molecule has 0 radical (unpaired) electrons. The summed E-state index contributed by atoms with van der Waals surface area (Å²) in [5, 5.41) is 0. The summed E-state index contributed by atoms with van der Waals surface area (Å²) in [4.78, 5) is 38.2. The van der Waals surface area contributed by atoms with Crippen molar-refractivity contribution in [3.05, 3.63) is 97.2 Å². The van der Waals surface area contributed by atoms with Gasteiger partial charge in [-0.15, -0.1) is 0 Å². The molecule has 6 heteroatoms. The second-order valence-electron chi connectivity index (χ2n) is 21.3. The fraction of sp³-hybridized carbons (Fsp3) is 0.729. The Bertz CT molecular complexity index is 1490. The van der Waals surface area contributed by atoms with Gasteiger partial charge < -0.3 is 14.2 Å². The van der Waals surface area contributed by atoms with E-state index < -0.39 is 6.10 Å². The van der Waals surface area contributed by atoms with Crippen molar-refractivity contribution in [2.45, 2.75) is 316 Å². The fourth-order valence-electron chi connectivity index (χ4n) is 9.01. The number of esters is 3. The lowest BCUT2D eigenvalue weighted by Gasteiger charge is -2.18. The Morgan fingerprint density at radius 1 is 0.276 bits per heavy atom. The lowest BCUT2D eigenvalue weighted by atomic mass is 10.0. The molecule has 0 spiro atoms. The largest absolute Gasteiger partial charge is 0.462 e. The summed E-state index contributed by atoms with van der Waals surface area (Å²) in [5.41, 5.74) is 0. The quantitative estimate of drug-likeness (QED) is 0.0261. The maximum Gasteiger partial charge on any atom is 0.306 e. The van der Waals surface area contributed by atoms with Crippen LogP contribution >= 0.6 is 0 Å². The first kappa shape index (κ1) is 72.3. The summed E-state index contributed by atoms with van der Waals surface area (Å²) in [6, 6.07) is 0. The maximum absolute atomic E-state index is 12.8. The second kappa shape index (κ2) is 63.9. The Morgan fingerprint density at radius 2 is 0.513 bits per heavy atom. The van der Waals surface area contributed by atoms with Gasteiger partial charge in [0.25, 0.3) is 0 Å².